The summed E-state index contributed by atoms with van der Waals surface area (Å²) in [7, 11) is 1.52. The fourth-order valence-corrected chi connectivity index (χ4v) is 4.57. The van der Waals surface area contributed by atoms with Crippen molar-refractivity contribution in [1.29, 1.82) is 5.41 Å². The van der Waals surface area contributed by atoms with Gasteiger partial charge in [-0.15, -0.1) is 17.0 Å². The van der Waals surface area contributed by atoms with E-state index < -0.39 is 18.7 Å². The molecule has 2 heterocycles. The first-order chi connectivity index (χ1) is 17.7. The van der Waals surface area contributed by atoms with Crippen LogP contribution in [-0.2, 0) is 11.3 Å². The number of ketones is 1. The average Bonchev–Trinajstić information content (AvgIpc) is 3.44. The zero-order valence-corrected chi connectivity index (χ0v) is 22.9. The Morgan fingerprint density at radius 1 is 1.16 bits per heavy atom. The summed E-state index contributed by atoms with van der Waals surface area (Å²) in [5.74, 6) is -0.790. The van der Waals surface area contributed by atoms with Crippen molar-refractivity contribution in [2.24, 2.45) is 0 Å². The SMILES string of the molecule is Br.CCOc1cc2c(cc1C(=O)NC)C(=N)N(CC(=O)c1ccc(OCC(=O)O)c(N3CCC(O)C3)c1)C2. The molecule has 1 atom stereocenters. The molecule has 2 aliphatic rings. The zero-order chi connectivity index (χ0) is 26.7. The highest BCUT2D eigenvalue weighted by Gasteiger charge is 2.30. The van der Waals surface area contributed by atoms with Crippen LogP contribution in [0.5, 0.6) is 11.5 Å². The van der Waals surface area contributed by atoms with Gasteiger partial charge in [-0.1, -0.05) is 0 Å². The molecule has 2 aromatic rings. The molecule has 12 heteroatoms. The van der Waals surface area contributed by atoms with Crippen LogP contribution in [0.4, 0.5) is 5.69 Å². The lowest BCUT2D eigenvalue weighted by Gasteiger charge is -2.22. The number of amidine groups is 1. The molecule has 0 spiro atoms. The van der Waals surface area contributed by atoms with Gasteiger partial charge in [0.1, 0.15) is 17.3 Å². The minimum atomic E-state index is -1.12. The number of aliphatic hydroxyl groups is 1. The first kappa shape index (κ1) is 28.9. The number of fused-ring (bicyclic) bond motifs is 1. The Balaban J connectivity index is 0.00000400. The quantitative estimate of drug-likeness (QED) is 0.305. The van der Waals surface area contributed by atoms with Gasteiger partial charge < -0.3 is 34.8 Å². The van der Waals surface area contributed by atoms with E-state index in [2.05, 4.69) is 5.32 Å². The van der Waals surface area contributed by atoms with Gasteiger partial charge in [0.2, 0.25) is 0 Å². The number of aliphatic carboxylic acids is 1. The van der Waals surface area contributed by atoms with Crippen LogP contribution in [0.25, 0.3) is 0 Å². The minimum Gasteiger partial charge on any atom is -0.493 e. The lowest BCUT2D eigenvalue weighted by Crippen LogP contribution is -2.30. The van der Waals surface area contributed by atoms with Crippen molar-refractivity contribution in [3.63, 3.8) is 0 Å². The average molecular weight is 591 g/mol. The van der Waals surface area contributed by atoms with E-state index in [1.165, 1.54) is 7.05 Å². The third-order valence-corrected chi connectivity index (χ3v) is 6.38. The maximum Gasteiger partial charge on any atom is 0.341 e. The number of nitrogens with zero attached hydrogens (tertiary/aromatic N) is 2. The number of aliphatic hydroxyl groups excluding tert-OH is 1. The molecule has 38 heavy (non-hydrogen) atoms. The predicted octanol–water partition coefficient (Wildman–Crippen LogP) is 2.08. The number of Topliss-reactive ketones (excluding diaryl/α,β-unsaturated/α-hetero) is 1. The van der Waals surface area contributed by atoms with E-state index in [1.807, 2.05) is 11.8 Å². The van der Waals surface area contributed by atoms with Crippen LogP contribution in [0.3, 0.4) is 0 Å². The van der Waals surface area contributed by atoms with Crippen molar-refractivity contribution in [2.45, 2.75) is 26.0 Å². The number of halogens is 1. The molecule has 11 nitrogen and oxygen atoms in total. The number of benzene rings is 2. The molecule has 1 saturated heterocycles. The summed E-state index contributed by atoms with van der Waals surface area (Å²) in [4.78, 5) is 40.1. The van der Waals surface area contributed by atoms with Crippen LogP contribution in [-0.4, -0.2) is 84.6 Å². The molecular formula is C26H31BrN4O7. The number of rotatable bonds is 10. The summed E-state index contributed by atoms with van der Waals surface area (Å²) in [6.45, 7) is 2.83. The van der Waals surface area contributed by atoms with Crippen molar-refractivity contribution >= 4 is 46.2 Å². The van der Waals surface area contributed by atoms with Crippen LogP contribution in [0.2, 0.25) is 0 Å². The number of carbonyl (C=O) groups excluding carboxylic acids is 2. The van der Waals surface area contributed by atoms with E-state index >= 15 is 0 Å². The number of anilines is 1. The third-order valence-electron chi connectivity index (χ3n) is 6.38. The Labute approximate surface area is 230 Å². The molecule has 1 unspecified atom stereocenters. The molecule has 2 aromatic carbocycles. The Bertz CT molecular complexity index is 1250. The van der Waals surface area contributed by atoms with Crippen molar-refractivity contribution in [1.82, 2.24) is 10.2 Å². The minimum absolute atomic E-state index is 0. The molecule has 1 amide bonds. The molecule has 0 radical (unpaired) electrons. The maximum absolute atomic E-state index is 13.3. The van der Waals surface area contributed by atoms with E-state index in [9.17, 15) is 19.5 Å². The van der Waals surface area contributed by atoms with Crippen LogP contribution in [0.1, 0.15) is 45.2 Å². The summed E-state index contributed by atoms with van der Waals surface area (Å²) in [6, 6.07) is 8.13. The van der Waals surface area contributed by atoms with Gasteiger partial charge in [0, 0.05) is 37.8 Å². The van der Waals surface area contributed by atoms with Crippen molar-refractivity contribution < 1.29 is 34.1 Å². The normalized spacial score (nSPS) is 16.1. The highest BCUT2D eigenvalue weighted by molar-refractivity contribution is 8.93. The van der Waals surface area contributed by atoms with Crippen LogP contribution in [0, 0.1) is 5.41 Å². The largest absolute Gasteiger partial charge is 0.493 e. The molecule has 4 rings (SSSR count). The fourth-order valence-electron chi connectivity index (χ4n) is 4.57. The van der Waals surface area contributed by atoms with E-state index in [-0.39, 0.29) is 41.1 Å². The van der Waals surface area contributed by atoms with E-state index in [1.54, 1.807) is 35.2 Å². The molecule has 204 valence electrons. The van der Waals surface area contributed by atoms with Gasteiger partial charge in [0.25, 0.3) is 5.91 Å². The first-order valence-electron chi connectivity index (χ1n) is 12.0. The topological polar surface area (TPSA) is 152 Å². The third kappa shape index (κ3) is 6.08. The summed E-state index contributed by atoms with van der Waals surface area (Å²) >= 11 is 0. The van der Waals surface area contributed by atoms with Gasteiger partial charge >= 0.3 is 5.97 Å². The molecular weight excluding hydrogens is 560 g/mol. The van der Waals surface area contributed by atoms with Gasteiger partial charge in [-0.25, -0.2) is 4.79 Å². The fraction of sp³-hybridized carbons (Fsp3) is 0.385. The number of ether oxygens (including phenoxy) is 2. The molecule has 2 aliphatic heterocycles. The number of carbonyl (C=O) groups is 3. The van der Waals surface area contributed by atoms with E-state index in [4.69, 9.17) is 20.0 Å². The van der Waals surface area contributed by atoms with Gasteiger partial charge in [-0.3, -0.25) is 15.0 Å². The molecule has 0 bridgehead atoms. The van der Waals surface area contributed by atoms with Crippen molar-refractivity contribution in [3.8, 4) is 11.5 Å². The second kappa shape index (κ2) is 12.3. The highest BCUT2D eigenvalue weighted by atomic mass is 79.9. The molecule has 0 aliphatic carbocycles. The van der Waals surface area contributed by atoms with Gasteiger partial charge in [0.15, 0.2) is 12.4 Å². The summed E-state index contributed by atoms with van der Waals surface area (Å²) in [6.07, 6.45) is 0.0400. The van der Waals surface area contributed by atoms with Crippen LogP contribution >= 0.6 is 17.0 Å². The van der Waals surface area contributed by atoms with Gasteiger partial charge in [0.05, 0.1) is 30.5 Å². The zero-order valence-electron chi connectivity index (χ0n) is 21.2. The van der Waals surface area contributed by atoms with Crippen LogP contribution < -0.4 is 19.7 Å². The summed E-state index contributed by atoms with van der Waals surface area (Å²) in [5, 5.41) is 30.2. The smallest absolute Gasteiger partial charge is 0.341 e. The number of carboxylic acid groups (broad SMARTS) is 1. The second-order valence-corrected chi connectivity index (χ2v) is 8.90. The number of β-amino-alcohol motifs (C(OH)–C–C–N with tert-alkyl or cyclic N) is 1. The van der Waals surface area contributed by atoms with Crippen molar-refractivity contribution in [3.05, 3.63) is 52.6 Å². The van der Waals surface area contributed by atoms with Crippen molar-refractivity contribution in [2.75, 3.05) is 44.8 Å². The Kier molecular flexibility index (Phi) is 9.34. The predicted molar refractivity (Wildman–Crippen MR) is 145 cm³/mol. The highest BCUT2D eigenvalue weighted by Crippen LogP contribution is 2.34. The number of hydrogen-bond donors (Lipinski definition) is 4. The number of nitrogens with one attached hydrogen (secondary N) is 2. The Morgan fingerprint density at radius 3 is 2.55 bits per heavy atom. The molecule has 4 N–H and O–H groups in total. The standard InChI is InChI=1S/C26H30N4O7.BrH/c1-3-36-23-9-16-11-30(25(27)18(16)10-19(23)26(35)28-2)13-21(32)15-4-5-22(37-14-24(33)34)20(8-15)29-7-6-17(31)12-29;/h4-5,8-10,17,27,31H,3,6-7,11-14H2,1-2H3,(H,28,35)(H,33,34);1H. The number of hydrogen-bond acceptors (Lipinski definition) is 8. The van der Waals surface area contributed by atoms with Gasteiger partial charge in [-0.2, -0.15) is 0 Å². The second-order valence-electron chi connectivity index (χ2n) is 8.90. The first-order valence-corrected chi connectivity index (χ1v) is 12.0. The number of amides is 1. The lowest BCUT2D eigenvalue weighted by atomic mass is 10.0. The Morgan fingerprint density at radius 2 is 1.92 bits per heavy atom. The van der Waals surface area contributed by atoms with Crippen LogP contribution in [0.15, 0.2) is 30.3 Å². The lowest BCUT2D eigenvalue weighted by molar-refractivity contribution is -0.139. The molecule has 0 saturated carbocycles. The van der Waals surface area contributed by atoms with E-state index in [0.717, 1.165) is 5.56 Å². The van der Waals surface area contributed by atoms with Gasteiger partial charge in [-0.05, 0) is 49.2 Å². The Hall–Kier alpha value is -3.64. The number of carboxylic acids is 1. The van der Waals surface area contributed by atoms with E-state index in [0.29, 0.717) is 66.5 Å². The summed E-state index contributed by atoms with van der Waals surface area (Å²) in [5.41, 5.74) is 2.61. The summed E-state index contributed by atoms with van der Waals surface area (Å²) < 4.78 is 11.1. The molecule has 0 aromatic heterocycles. The maximum atomic E-state index is 13.3. The monoisotopic (exact) mass is 590 g/mol. The molecule has 1 fully saturated rings.